The maximum absolute atomic E-state index is 4.81. The van der Waals surface area contributed by atoms with E-state index in [4.69, 9.17) is 4.74 Å². The first-order chi connectivity index (χ1) is 4.43. The molecule has 0 spiro atoms. The van der Waals surface area contributed by atoms with Gasteiger partial charge in [0.1, 0.15) is 6.33 Å². The first-order valence-corrected chi connectivity index (χ1v) is 2.68. The van der Waals surface area contributed by atoms with E-state index in [1.165, 1.54) is 0 Å². The van der Waals surface area contributed by atoms with Crippen LogP contribution in [0.4, 0.5) is 0 Å². The normalized spacial score (nSPS) is 9.89. The van der Waals surface area contributed by atoms with Crippen molar-refractivity contribution in [3.8, 4) is 0 Å². The van der Waals surface area contributed by atoms with Crippen molar-refractivity contribution in [1.29, 1.82) is 0 Å². The van der Waals surface area contributed by atoms with Gasteiger partial charge >= 0.3 is 0 Å². The smallest absolute Gasteiger partial charge is 0.220 e. The van der Waals surface area contributed by atoms with Crippen LogP contribution in [0.25, 0.3) is 0 Å². The van der Waals surface area contributed by atoms with Crippen LogP contribution >= 0.6 is 0 Å². The Morgan fingerprint density at radius 1 is 1.78 bits per heavy atom. The highest BCUT2D eigenvalue weighted by molar-refractivity contribution is 4.52. The molecule has 0 atom stereocenters. The van der Waals surface area contributed by atoms with E-state index in [0.29, 0.717) is 6.61 Å². The molecule has 0 saturated heterocycles. The fraction of sp³-hybridized carbons (Fsp3) is 0.600. The zero-order valence-corrected chi connectivity index (χ0v) is 5.24. The van der Waals surface area contributed by atoms with Gasteiger partial charge in [-0.25, -0.2) is 9.67 Å². The number of ether oxygens (including phenoxy) is 1. The molecule has 0 fully saturated rings. The van der Waals surface area contributed by atoms with E-state index in [0.717, 1.165) is 6.54 Å². The van der Waals surface area contributed by atoms with Gasteiger partial charge in [-0.05, 0) is 0 Å². The van der Waals surface area contributed by atoms with Crippen molar-refractivity contribution >= 4 is 0 Å². The average molecular weight is 126 g/mol. The average Bonchev–Trinajstić information content (AvgIpc) is 2.34. The van der Waals surface area contributed by atoms with E-state index in [-0.39, 0.29) is 0 Å². The summed E-state index contributed by atoms with van der Waals surface area (Å²) in [7, 11) is 1.65. The molecule has 49 valence electrons. The molecule has 1 radical (unpaired) electrons. The minimum absolute atomic E-state index is 0.664. The van der Waals surface area contributed by atoms with E-state index in [1.54, 1.807) is 18.1 Å². The molecule has 4 nitrogen and oxygen atoms in total. The lowest BCUT2D eigenvalue weighted by molar-refractivity contribution is 0.183. The summed E-state index contributed by atoms with van der Waals surface area (Å²) in [5, 5.41) is 3.75. The van der Waals surface area contributed by atoms with Crippen LogP contribution in [0.3, 0.4) is 0 Å². The van der Waals surface area contributed by atoms with Crippen LogP contribution in [0, 0.1) is 6.33 Å². The maximum atomic E-state index is 4.81. The fourth-order valence-electron chi connectivity index (χ4n) is 0.494. The standard InChI is InChI=1S/C5H8N3O/c1-9-3-2-8-5-6-4-7-8/h5H,2-3H2,1H3. The first kappa shape index (κ1) is 6.22. The topological polar surface area (TPSA) is 39.9 Å². The summed E-state index contributed by atoms with van der Waals surface area (Å²) in [4.78, 5) is 3.65. The number of hydrogen-bond acceptors (Lipinski definition) is 3. The summed E-state index contributed by atoms with van der Waals surface area (Å²) >= 11 is 0. The minimum Gasteiger partial charge on any atom is -0.383 e. The van der Waals surface area contributed by atoms with Crippen molar-refractivity contribution in [3.05, 3.63) is 12.7 Å². The van der Waals surface area contributed by atoms with Crippen LogP contribution < -0.4 is 0 Å². The predicted octanol–water partition coefficient (Wildman–Crippen LogP) is -0.275. The lowest BCUT2D eigenvalue weighted by atomic mass is 10.7. The van der Waals surface area contributed by atoms with Gasteiger partial charge in [-0.2, -0.15) is 0 Å². The van der Waals surface area contributed by atoms with E-state index in [9.17, 15) is 0 Å². The van der Waals surface area contributed by atoms with Gasteiger partial charge in [0, 0.05) is 7.11 Å². The van der Waals surface area contributed by atoms with Crippen molar-refractivity contribution in [2.24, 2.45) is 0 Å². The van der Waals surface area contributed by atoms with Gasteiger partial charge in [-0.1, -0.05) is 0 Å². The Labute approximate surface area is 53.5 Å². The molecule has 0 aliphatic rings. The number of aromatic nitrogens is 3. The second-order valence-electron chi connectivity index (χ2n) is 1.60. The van der Waals surface area contributed by atoms with Gasteiger partial charge in [-0.15, -0.1) is 5.10 Å². The minimum atomic E-state index is 0.664. The Balaban J connectivity index is 2.30. The lowest BCUT2D eigenvalue weighted by Crippen LogP contribution is -2.03. The lowest BCUT2D eigenvalue weighted by Gasteiger charge is -1.95. The van der Waals surface area contributed by atoms with Crippen LogP contribution in [-0.2, 0) is 11.3 Å². The molecule has 1 rings (SSSR count). The Morgan fingerprint density at radius 3 is 3.22 bits per heavy atom. The molecule has 0 amide bonds. The van der Waals surface area contributed by atoms with Gasteiger partial charge in [0.05, 0.1) is 13.2 Å². The number of hydrogen-bond donors (Lipinski definition) is 0. The molecule has 1 aromatic rings. The van der Waals surface area contributed by atoms with Crippen molar-refractivity contribution < 1.29 is 4.74 Å². The monoisotopic (exact) mass is 126 g/mol. The zero-order valence-electron chi connectivity index (χ0n) is 5.24. The molecule has 0 saturated carbocycles. The largest absolute Gasteiger partial charge is 0.383 e. The molecule has 0 N–H and O–H groups in total. The molecule has 0 aliphatic heterocycles. The fourth-order valence-corrected chi connectivity index (χ4v) is 0.494. The third-order valence-corrected chi connectivity index (χ3v) is 0.946. The van der Waals surface area contributed by atoms with Crippen molar-refractivity contribution in [3.63, 3.8) is 0 Å². The highest BCUT2D eigenvalue weighted by atomic mass is 16.5. The number of rotatable bonds is 3. The van der Waals surface area contributed by atoms with E-state index >= 15 is 0 Å². The predicted molar refractivity (Wildman–Crippen MR) is 30.7 cm³/mol. The van der Waals surface area contributed by atoms with Crippen molar-refractivity contribution in [2.75, 3.05) is 13.7 Å². The molecule has 0 unspecified atom stereocenters. The quantitative estimate of drug-likeness (QED) is 0.559. The summed E-state index contributed by atoms with van der Waals surface area (Å²) in [5.41, 5.74) is 0. The first-order valence-electron chi connectivity index (χ1n) is 2.68. The Hall–Kier alpha value is -0.900. The van der Waals surface area contributed by atoms with Crippen LogP contribution in [0.5, 0.6) is 0 Å². The van der Waals surface area contributed by atoms with Crippen LogP contribution in [-0.4, -0.2) is 28.5 Å². The van der Waals surface area contributed by atoms with Gasteiger partial charge in [0.25, 0.3) is 0 Å². The molecular formula is C5H8N3O. The summed E-state index contributed by atoms with van der Waals surface area (Å²) in [6.45, 7) is 1.41. The molecular weight excluding hydrogens is 118 g/mol. The summed E-state index contributed by atoms with van der Waals surface area (Å²) in [6.07, 6.45) is 4.06. The molecule has 0 aromatic carbocycles. The zero-order chi connectivity index (χ0) is 6.53. The van der Waals surface area contributed by atoms with Crippen LogP contribution in [0.1, 0.15) is 0 Å². The Bertz CT molecular complexity index is 149. The van der Waals surface area contributed by atoms with Gasteiger partial charge in [0.2, 0.25) is 6.33 Å². The Kier molecular flexibility index (Phi) is 2.21. The highest BCUT2D eigenvalue weighted by Crippen LogP contribution is 1.78. The summed E-state index contributed by atoms with van der Waals surface area (Å²) < 4.78 is 6.48. The van der Waals surface area contributed by atoms with Crippen LogP contribution in [0.2, 0.25) is 0 Å². The SMILES string of the molecule is COCCn1cn[c]n1. The molecule has 0 bridgehead atoms. The van der Waals surface area contributed by atoms with E-state index < -0.39 is 0 Å². The second kappa shape index (κ2) is 3.19. The van der Waals surface area contributed by atoms with Crippen molar-refractivity contribution in [2.45, 2.75) is 6.54 Å². The highest BCUT2D eigenvalue weighted by Gasteiger charge is 1.87. The molecule has 1 heterocycles. The van der Waals surface area contributed by atoms with Crippen molar-refractivity contribution in [1.82, 2.24) is 14.8 Å². The molecule has 9 heavy (non-hydrogen) atoms. The van der Waals surface area contributed by atoms with Gasteiger partial charge in [0.15, 0.2) is 0 Å². The Morgan fingerprint density at radius 2 is 2.67 bits per heavy atom. The second-order valence-corrected chi connectivity index (χ2v) is 1.60. The van der Waals surface area contributed by atoms with E-state index in [2.05, 4.69) is 16.4 Å². The third kappa shape index (κ3) is 1.81. The third-order valence-electron chi connectivity index (χ3n) is 0.946. The van der Waals surface area contributed by atoms with Gasteiger partial charge in [-0.3, -0.25) is 0 Å². The van der Waals surface area contributed by atoms with Crippen LogP contribution in [0.15, 0.2) is 6.33 Å². The maximum Gasteiger partial charge on any atom is 0.220 e. The molecule has 0 aliphatic carbocycles. The van der Waals surface area contributed by atoms with E-state index in [1.807, 2.05) is 0 Å². The van der Waals surface area contributed by atoms with Gasteiger partial charge < -0.3 is 4.74 Å². The summed E-state index contributed by atoms with van der Waals surface area (Å²) in [5.74, 6) is 0. The summed E-state index contributed by atoms with van der Waals surface area (Å²) in [6, 6.07) is 0. The molecule has 1 aromatic heterocycles. The molecule has 4 heteroatoms. The number of methoxy groups -OCH3 is 1. The number of nitrogens with zero attached hydrogens (tertiary/aromatic N) is 3.